The molecule has 1 atom stereocenters. The van der Waals surface area contributed by atoms with Crippen molar-refractivity contribution in [2.75, 3.05) is 17.1 Å². The highest BCUT2D eigenvalue weighted by Crippen LogP contribution is 2.32. The van der Waals surface area contributed by atoms with Crippen molar-refractivity contribution in [2.24, 2.45) is 0 Å². The minimum atomic E-state index is -4.74. The first-order chi connectivity index (χ1) is 19.8. The van der Waals surface area contributed by atoms with E-state index in [1.165, 1.54) is 23.1 Å². The number of nitrogens with one attached hydrogen (secondary N) is 1. The van der Waals surface area contributed by atoms with Gasteiger partial charge in [0, 0.05) is 18.5 Å². The van der Waals surface area contributed by atoms with Gasteiger partial charge in [0.2, 0.25) is 21.8 Å². The Labute approximate surface area is 259 Å². The number of amides is 2. The van der Waals surface area contributed by atoms with Crippen LogP contribution >= 0.6 is 23.2 Å². The third-order valence-corrected chi connectivity index (χ3v) is 8.13. The molecule has 0 aliphatic carbocycles. The lowest BCUT2D eigenvalue weighted by Gasteiger charge is -2.35. The first-order valence-corrected chi connectivity index (χ1v) is 15.7. The number of anilines is 1. The molecule has 3 rings (SSSR count). The number of nitrogens with zero attached hydrogens (tertiary/aromatic N) is 2. The summed E-state index contributed by atoms with van der Waals surface area (Å²) in [5.74, 6) is -1.33. The molecule has 43 heavy (non-hydrogen) atoms. The molecule has 1 N–H and O–H groups in total. The van der Waals surface area contributed by atoms with Gasteiger partial charge >= 0.3 is 6.18 Å². The molecule has 2 amide bonds. The smallest absolute Gasteiger partial charge is 0.350 e. The van der Waals surface area contributed by atoms with E-state index in [1.54, 1.807) is 57.2 Å². The SMILES string of the molecule is CC(C)(C)NC(=O)[C@@H](Cc1ccccc1)N(Cc1ccc(Cl)c(Cl)c1)C(=O)CN(c1cccc(C(F)(F)F)c1)S(C)(=O)=O. The average molecular weight is 659 g/mol. The molecule has 0 saturated carbocycles. The molecule has 0 radical (unpaired) electrons. The number of hydrogen-bond acceptors (Lipinski definition) is 4. The quantitative estimate of drug-likeness (QED) is 0.276. The number of sulfonamides is 1. The molecule has 0 saturated heterocycles. The minimum Gasteiger partial charge on any atom is -0.350 e. The summed E-state index contributed by atoms with van der Waals surface area (Å²) in [6.45, 7) is 4.28. The van der Waals surface area contributed by atoms with Gasteiger partial charge in [-0.3, -0.25) is 13.9 Å². The Hall–Kier alpha value is -3.28. The van der Waals surface area contributed by atoms with E-state index in [-0.39, 0.29) is 28.7 Å². The molecular weight excluding hydrogens is 626 g/mol. The molecular formula is C30H32Cl2F3N3O4S. The molecule has 0 spiro atoms. The van der Waals surface area contributed by atoms with Gasteiger partial charge in [-0.15, -0.1) is 0 Å². The highest BCUT2D eigenvalue weighted by Gasteiger charge is 2.35. The van der Waals surface area contributed by atoms with Gasteiger partial charge in [0.05, 0.1) is 27.6 Å². The van der Waals surface area contributed by atoms with Gasteiger partial charge in [0.1, 0.15) is 12.6 Å². The summed E-state index contributed by atoms with van der Waals surface area (Å²) < 4.78 is 66.6. The van der Waals surface area contributed by atoms with E-state index in [2.05, 4.69) is 5.32 Å². The van der Waals surface area contributed by atoms with E-state index in [1.807, 2.05) is 0 Å². The van der Waals surface area contributed by atoms with Gasteiger partial charge in [-0.2, -0.15) is 13.2 Å². The second kappa shape index (κ2) is 13.6. The topological polar surface area (TPSA) is 86.8 Å². The van der Waals surface area contributed by atoms with Crippen molar-refractivity contribution >= 4 is 50.7 Å². The molecule has 13 heteroatoms. The summed E-state index contributed by atoms with van der Waals surface area (Å²) in [5.41, 5.74) is -0.888. The highest BCUT2D eigenvalue weighted by molar-refractivity contribution is 7.92. The minimum absolute atomic E-state index is 0.0677. The Morgan fingerprint density at radius 1 is 0.884 bits per heavy atom. The predicted molar refractivity (Wildman–Crippen MR) is 162 cm³/mol. The molecule has 0 aliphatic heterocycles. The third-order valence-electron chi connectivity index (χ3n) is 6.25. The average Bonchev–Trinajstić information content (AvgIpc) is 2.89. The van der Waals surface area contributed by atoms with Gasteiger partial charge in [0.15, 0.2) is 0 Å². The normalized spacial score (nSPS) is 12.9. The van der Waals surface area contributed by atoms with E-state index in [0.717, 1.165) is 24.0 Å². The number of hydrogen-bond donors (Lipinski definition) is 1. The highest BCUT2D eigenvalue weighted by atomic mass is 35.5. The zero-order valence-corrected chi connectivity index (χ0v) is 26.3. The molecule has 232 valence electrons. The lowest BCUT2D eigenvalue weighted by atomic mass is 10.0. The number of benzene rings is 3. The van der Waals surface area contributed by atoms with Crippen LogP contribution in [0.1, 0.15) is 37.5 Å². The number of carbonyl (C=O) groups excluding carboxylic acids is 2. The van der Waals surface area contributed by atoms with Crippen molar-refractivity contribution in [3.8, 4) is 0 Å². The summed E-state index contributed by atoms with van der Waals surface area (Å²) in [4.78, 5) is 29.0. The van der Waals surface area contributed by atoms with Crippen LogP contribution in [0.5, 0.6) is 0 Å². The number of halogens is 5. The van der Waals surface area contributed by atoms with Crippen molar-refractivity contribution in [1.82, 2.24) is 10.2 Å². The van der Waals surface area contributed by atoms with Crippen molar-refractivity contribution in [3.63, 3.8) is 0 Å². The van der Waals surface area contributed by atoms with Gasteiger partial charge in [0.25, 0.3) is 0 Å². The summed E-state index contributed by atoms with van der Waals surface area (Å²) in [5, 5.41) is 3.35. The number of rotatable bonds is 10. The molecule has 0 aliphatic rings. The lowest BCUT2D eigenvalue weighted by molar-refractivity contribution is -0.140. The van der Waals surface area contributed by atoms with E-state index in [9.17, 15) is 31.2 Å². The number of alkyl halides is 3. The second-order valence-corrected chi connectivity index (χ2v) is 13.8. The molecule has 0 unspecified atom stereocenters. The van der Waals surface area contributed by atoms with Crippen molar-refractivity contribution in [3.05, 3.63) is 99.5 Å². The van der Waals surface area contributed by atoms with E-state index in [0.29, 0.717) is 15.9 Å². The fraction of sp³-hybridized carbons (Fsp3) is 0.333. The van der Waals surface area contributed by atoms with E-state index >= 15 is 0 Å². The van der Waals surface area contributed by atoms with Gasteiger partial charge in [-0.25, -0.2) is 8.42 Å². The van der Waals surface area contributed by atoms with Gasteiger partial charge in [-0.05, 0) is 62.2 Å². The maximum Gasteiger partial charge on any atom is 0.416 e. The molecule has 3 aromatic carbocycles. The van der Waals surface area contributed by atoms with Gasteiger partial charge in [-0.1, -0.05) is 65.7 Å². The fourth-order valence-corrected chi connectivity index (χ4v) is 5.45. The van der Waals surface area contributed by atoms with Crippen LogP contribution in [0.25, 0.3) is 0 Å². The summed E-state index contributed by atoms with van der Waals surface area (Å²) in [6, 6.07) is 16.1. The first-order valence-electron chi connectivity index (χ1n) is 13.1. The molecule has 0 aromatic heterocycles. The molecule has 0 bridgehead atoms. The van der Waals surface area contributed by atoms with Crippen molar-refractivity contribution in [1.29, 1.82) is 0 Å². The Morgan fingerprint density at radius 2 is 1.53 bits per heavy atom. The van der Waals surface area contributed by atoms with Crippen LogP contribution in [0.15, 0.2) is 72.8 Å². The largest absolute Gasteiger partial charge is 0.416 e. The maximum atomic E-state index is 14.1. The van der Waals surface area contributed by atoms with E-state index in [4.69, 9.17) is 23.2 Å². The Kier molecular flexibility index (Phi) is 10.8. The Bertz CT molecular complexity index is 1560. The Morgan fingerprint density at radius 3 is 2.09 bits per heavy atom. The summed E-state index contributed by atoms with van der Waals surface area (Å²) >= 11 is 12.3. The van der Waals surface area contributed by atoms with Gasteiger partial charge < -0.3 is 10.2 Å². The van der Waals surface area contributed by atoms with Crippen LogP contribution in [-0.4, -0.2) is 49.5 Å². The number of carbonyl (C=O) groups is 2. The van der Waals surface area contributed by atoms with Crippen molar-refractivity contribution in [2.45, 2.75) is 51.5 Å². The van der Waals surface area contributed by atoms with Crippen LogP contribution in [0.3, 0.4) is 0 Å². The standard InChI is InChI=1S/C30H32Cl2F3N3O4S/c1-29(2,3)36-28(40)26(16-20-9-6-5-7-10-20)37(18-21-13-14-24(31)25(32)15-21)27(39)19-38(43(4,41)42)23-12-8-11-22(17-23)30(33,34)35/h5-15,17,26H,16,18-19H2,1-4H3,(H,36,40)/t26-/m1/s1. The summed E-state index contributed by atoms with van der Waals surface area (Å²) in [6.07, 6.45) is -3.88. The van der Waals surface area contributed by atoms with Crippen LogP contribution < -0.4 is 9.62 Å². The third kappa shape index (κ3) is 9.87. The zero-order chi connectivity index (χ0) is 32.2. The van der Waals surface area contributed by atoms with Crippen LogP contribution in [0.4, 0.5) is 18.9 Å². The molecule has 0 heterocycles. The second-order valence-electron chi connectivity index (χ2n) is 11.0. The van der Waals surface area contributed by atoms with Crippen LogP contribution in [-0.2, 0) is 38.8 Å². The monoisotopic (exact) mass is 657 g/mol. The molecule has 3 aromatic rings. The lowest BCUT2D eigenvalue weighted by Crippen LogP contribution is -2.56. The molecule has 0 fully saturated rings. The van der Waals surface area contributed by atoms with Crippen LogP contribution in [0, 0.1) is 0 Å². The zero-order valence-electron chi connectivity index (χ0n) is 24.0. The fourth-order valence-electron chi connectivity index (χ4n) is 4.29. The first kappa shape index (κ1) is 34.2. The Balaban J connectivity index is 2.12. The van der Waals surface area contributed by atoms with E-state index < -0.39 is 51.7 Å². The maximum absolute atomic E-state index is 14.1. The summed E-state index contributed by atoms with van der Waals surface area (Å²) in [7, 11) is -4.25. The van der Waals surface area contributed by atoms with Crippen molar-refractivity contribution < 1.29 is 31.2 Å². The molecule has 7 nitrogen and oxygen atoms in total. The predicted octanol–water partition coefficient (Wildman–Crippen LogP) is 6.33. The van der Waals surface area contributed by atoms with Crippen LogP contribution in [0.2, 0.25) is 10.0 Å².